The van der Waals surface area contributed by atoms with Gasteiger partial charge in [0.25, 0.3) is 11.6 Å². The summed E-state index contributed by atoms with van der Waals surface area (Å²) < 4.78 is 10.5. The van der Waals surface area contributed by atoms with Crippen LogP contribution < -0.4 is 10.6 Å². The number of thiophene rings is 1. The highest BCUT2D eigenvalue weighted by Crippen LogP contribution is 2.38. The maximum Gasteiger partial charge on any atom is 0.410 e. The molecule has 0 saturated heterocycles. The summed E-state index contributed by atoms with van der Waals surface area (Å²) in [4.78, 5) is 64.8. The van der Waals surface area contributed by atoms with Crippen LogP contribution in [-0.4, -0.2) is 58.2 Å². The van der Waals surface area contributed by atoms with E-state index in [2.05, 4.69) is 10.6 Å². The molecule has 2 N–H and O–H groups in total. The quantitative estimate of drug-likeness (QED) is 0.128. The zero-order valence-corrected chi connectivity index (χ0v) is 26.4. The Balaban J connectivity index is 1.45. The molecular weight excluding hydrogens is 608 g/mol. The van der Waals surface area contributed by atoms with Gasteiger partial charge in [0.15, 0.2) is 0 Å². The van der Waals surface area contributed by atoms with Crippen molar-refractivity contribution in [2.45, 2.75) is 56.4 Å². The zero-order valence-electron chi connectivity index (χ0n) is 24.8. The van der Waals surface area contributed by atoms with Crippen molar-refractivity contribution in [3.05, 3.63) is 80.2 Å². The Hall–Kier alpha value is -4.43. The standard InChI is InChI=1S/C30H32N4O8S2/c1-17(43-21-11-7-9-19(15-21)31-26(36)18-8-6-10-20(14-18)34(39)40)25(35)32-27-24(28(37)41-5)22-12-13-33(16-23(22)44-27)29(38)42-30(2,3)4/h6-11,14-15,17H,12-13,16H2,1-5H3,(H,31,36)(H,32,35). The Morgan fingerprint density at radius 2 is 1.82 bits per heavy atom. The number of hydrogen-bond donors (Lipinski definition) is 2. The van der Waals surface area contributed by atoms with E-state index in [0.717, 1.165) is 10.4 Å². The summed E-state index contributed by atoms with van der Waals surface area (Å²) in [5, 5.41) is 16.4. The lowest BCUT2D eigenvalue weighted by Crippen LogP contribution is -2.39. The molecule has 2 heterocycles. The smallest absolute Gasteiger partial charge is 0.410 e. The first-order valence-electron chi connectivity index (χ1n) is 13.6. The van der Waals surface area contributed by atoms with Crippen molar-refractivity contribution in [3.63, 3.8) is 0 Å². The molecule has 1 aliphatic rings. The summed E-state index contributed by atoms with van der Waals surface area (Å²) >= 11 is 2.47. The van der Waals surface area contributed by atoms with Gasteiger partial charge in [0, 0.05) is 39.7 Å². The number of nitro benzene ring substituents is 1. The molecular formula is C30H32N4O8S2. The van der Waals surface area contributed by atoms with Crippen LogP contribution in [0.3, 0.4) is 0 Å². The number of benzene rings is 2. The number of amides is 3. The van der Waals surface area contributed by atoms with Crippen LogP contribution in [0, 0.1) is 10.1 Å². The average Bonchev–Trinajstić information content (AvgIpc) is 3.33. The molecule has 0 spiro atoms. The molecule has 1 unspecified atom stereocenters. The van der Waals surface area contributed by atoms with E-state index in [-0.39, 0.29) is 29.3 Å². The van der Waals surface area contributed by atoms with Crippen LogP contribution in [-0.2, 0) is 27.2 Å². The van der Waals surface area contributed by atoms with Crippen LogP contribution in [0.25, 0.3) is 0 Å². The minimum Gasteiger partial charge on any atom is -0.465 e. The van der Waals surface area contributed by atoms with E-state index in [1.807, 2.05) is 0 Å². The minimum absolute atomic E-state index is 0.138. The second-order valence-electron chi connectivity index (χ2n) is 10.9. The van der Waals surface area contributed by atoms with Gasteiger partial charge in [0.2, 0.25) is 5.91 Å². The molecule has 3 amide bonds. The summed E-state index contributed by atoms with van der Waals surface area (Å²) in [7, 11) is 1.27. The fraction of sp³-hybridized carbons (Fsp3) is 0.333. The summed E-state index contributed by atoms with van der Waals surface area (Å²) in [6.45, 7) is 7.69. The first kappa shape index (κ1) is 32.5. The first-order chi connectivity index (χ1) is 20.8. The Labute approximate surface area is 262 Å². The van der Waals surface area contributed by atoms with Crippen LogP contribution in [0.2, 0.25) is 0 Å². The SMILES string of the molecule is COC(=O)c1c(NC(=O)C(C)Sc2cccc(NC(=O)c3cccc([N+](=O)[O-])c3)c2)sc2c1CCN(C(=O)OC(C)(C)C)C2. The van der Waals surface area contributed by atoms with E-state index >= 15 is 0 Å². The Morgan fingerprint density at radius 3 is 2.50 bits per heavy atom. The van der Waals surface area contributed by atoms with Crippen LogP contribution in [0.4, 0.5) is 21.2 Å². The van der Waals surface area contributed by atoms with Crippen LogP contribution >= 0.6 is 23.1 Å². The highest BCUT2D eigenvalue weighted by atomic mass is 32.2. The molecule has 1 aliphatic heterocycles. The van der Waals surface area contributed by atoms with Gasteiger partial charge in [0.1, 0.15) is 10.6 Å². The number of fused-ring (bicyclic) bond motifs is 1. The summed E-state index contributed by atoms with van der Waals surface area (Å²) in [6.07, 6.45) is -0.0416. The molecule has 0 saturated carbocycles. The second kappa shape index (κ2) is 13.5. The number of esters is 1. The lowest BCUT2D eigenvalue weighted by molar-refractivity contribution is -0.384. The lowest BCUT2D eigenvalue weighted by Gasteiger charge is -2.30. The van der Waals surface area contributed by atoms with E-state index in [9.17, 15) is 29.3 Å². The molecule has 1 aromatic heterocycles. The van der Waals surface area contributed by atoms with Crippen LogP contribution in [0.1, 0.15) is 58.9 Å². The average molecular weight is 641 g/mol. The van der Waals surface area contributed by atoms with Crippen molar-refractivity contribution in [1.29, 1.82) is 0 Å². The van der Waals surface area contributed by atoms with Crippen molar-refractivity contribution in [1.82, 2.24) is 4.90 Å². The minimum atomic E-state index is -0.646. The number of nitro groups is 1. The predicted molar refractivity (Wildman–Crippen MR) is 167 cm³/mol. The number of carbonyl (C=O) groups is 4. The van der Waals surface area contributed by atoms with Gasteiger partial charge in [-0.2, -0.15) is 0 Å². The summed E-state index contributed by atoms with van der Waals surface area (Å²) in [5.74, 6) is -1.44. The molecule has 0 radical (unpaired) electrons. The molecule has 1 atom stereocenters. The van der Waals surface area contributed by atoms with E-state index in [0.29, 0.717) is 28.5 Å². The van der Waals surface area contributed by atoms with Gasteiger partial charge in [-0.1, -0.05) is 12.1 Å². The van der Waals surface area contributed by atoms with Gasteiger partial charge >= 0.3 is 12.1 Å². The number of nitrogens with one attached hydrogen (secondary N) is 2. The van der Waals surface area contributed by atoms with E-state index in [1.165, 1.54) is 54.5 Å². The van der Waals surface area contributed by atoms with Crippen molar-refractivity contribution in [3.8, 4) is 0 Å². The van der Waals surface area contributed by atoms with Gasteiger partial charge in [-0.05, 0) is 63.9 Å². The molecule has 0 fully saturated rings. The molecule has 0 bridgehead atoms. The maximum atomic E-state index is 13.3. The largest absolute Gasteiger partial charge is 0.465 e. The number of ether oxygens (including phenoxy) is 2. The lowest BCUT2D eigenvalue weighted by atomic mass is 10.0. The first-order valence-corrected chi connectivity index (χ1v) is 15.3. The molecule has 44 heavy (non-hydrogen) atoms. The third-order valence-electron chi connectivity index (χ3n) is 6.43. The van der Waals surface area contributed by atoms with Gasteiger partial charge in [-0.15, -0.1) is 23.1 Å². The number of anilines is 2. The van der Waals surface area contributed by atoms with Crippen LogP contribution in [0.15, 0.2) is 53.4 Å². The van der Waals surface area contributed by atoms with Gasteiger partial charge in [-0.3, -0.25) is 19.7 Å². The highest BCUT2D eigenvalue weighted by Gasteiger charge is 2.33. The van der Waals surface area contributed by atoms with Crippen LogP contribution in [0.5, 0.6) is 0 Å². The number of hydrogen-bond acceptors (Lipinski definition) is 10. The van der Waals surface area contributed by atoms with E-state index in [4.69, 9.17) is 9.47 Å². The Morgan fingerprint density at radius 1 is 1.09 bits per heavy atom. The zero-order chi connectivity index (χ0) is 32.2. The number of rotatable bonds is 8. The molecule has 3 aromatic rings. The number of non-ortho nitro benzene ring substituents is 1. The Kier molecular flexibility index (Phi) is 9.95. The molecule has 232 valence electrons. The Bertz CT molecular complexity index is 1610. The normalized spacial score (nSPS) is 13.3. The summed E-state index contributed by atoms with van der Waals surface area (Å²) in [5.41, 5.74) is 0.778. The molecule has 12 nitrogen and oxygen atoms in total. The topological polar surface area (TPSA) is 157 Å². The van der Waals surface area contributed by atoms with Crippen molar-refractivity contribution in [2.75, 3.05) is 24.3 Å². The van der Waals surface area contributed by atoms with Crippen molar-refractivity contribution >= 4 is 63.4 Å². The summed E-state index contributed by atoms with van der Waals surface area (Å²) in [6, 6.07) is 12.3. The fourth-order valence-electron chi connectivity index (χ4n) is 4.37. The maximum absolute atomic E-state index is 13.3. The highest BCUT2D eigenvalue weighted by molar-refractivity contribution is 8.00. The third-order valence-corrected chi connectivity index (χ3v) is 8.65. The second-order valence-corrected chi connectivity index (χ2v) is 13.4. The number of carbonyl (C=O) groups excluding carboxylic acids is 4. The van der Waals surface area contributed by atoms with Crippen molar-refractivity contribution in [2.24, 2.45) is 0 Å². The third kappa shape index (κ3) is 7.94. The van der Waals surface area contributed by atoms with E-state index < -0.39 is 33.7 Å². The van der Waals surface area contributed by atoms with Gasteiger partial charge in [-0.25, -0.2) is 9.59 Å². The van der Waals surface area contributed by atoms with Crippen molar-refractivity contribution < 1.29 is 33.6 Å². The predicted octanol–water partition coefficient (Wildman–Crippen LogP) is 6.11. The molecule has 14 heteroatoms. The molecule has 4 rings (SSSR count). The number of thioether (sulfide) groups is 1. The number of methoxy groups -OCH3 is 1. The van der Waals surface area contributed by atoms with Gasteiger partial charge < -0.3 is 25.0 Å². The van der Waals surface area contributed by atoms with Gasteiger partial charge in [0.05, 0.1) is 29.4 Å². The number of nitrogens with zero attached hydrogens (tertiary/aromatic N) is 2. The fourth-order valence-corrected chi connectivity index (χ4v) is 6.55. The van der Waals surface area contributed by atoms with E-state index in [1.54, 1.807) is 56.9 Å². The molecule has 0 aliphatic carbocycles. The monoisotopic (exact) mass is 640 g/mol. The molecule has 2 aromatic carbocycles.